The number of rotatable bonds is 6. The molecule has 158 valence electrons. The Balaban J connectivity index is 1.53. The van der Waals surface area contributed by atoms with Gasteiger partial charge < -0.3 is 14.6 Å². The van der Waals surface area contributed by atoms with Gasteiger partial charge in [-0.2, -0.15) is 0 Å². The van der Waals surface area contributed by atoms with Crippen LogP contribution in [0, 0.1) is 11.8 Å². The van der Waals surface area contributed by atoms with Crippen LogP contribution in [-0.4, -0.2) is 45.8 Å². The number of likely N-dealkylation sites (tertiary alicyclic amines) is 1. The van der Waals surface area contributed by atoms with Gasteiger partial charge in [-0.1, -0.05) is 25.0 Å². The maximum absolute atomic E-state index is 12.9. The van der Waals surface area contributed by atoms with Crippen LogP contribution in [0.2, 0.25) is 0 Å². The van der Waals surface area contributed by atoms with Crippen LogP contribution in [0.4, 0.5) is 0 Å². The molecule has 3 unspecified atom stereocenters. The quantitative estimate of drug-likeness (QED) is 0.733. The van der Waals surface area contributed by atoms with Crippen molar-refractivity contribution in [3.63, 3.8) is 0 Å². The van der Waals surface area contributed by atoms with Crippen molar-refractivity contribution in [1.29, 1.82) is 0 Å². The molecule has 3 atom stereocenters. The summed E-state index contributed by atoms with van der Waals surface area (Å²) in [6.45, 7) is -0.262. The third kappa shape index (κ3) is 3.69. The number of amides is 3. The first-order chi connectivity index (χ1) is 14.5. The Morgan fingerprint density at radius 1 is 1.17 bits per heavy atom. The highest BCUT2D eigenvalue weighted by atomic mass is 16.5. The van der Waals surface area contributed by atoms with Crippen molar-refractivity contribution in [2.45, 2.75) is 31.7 Å². The minimum atomic E-state index is -0.515. The van der Waals surface area contributed by atoms with Gasteiger partial charge in [0.1, 0.15) is 24.2 Å². The molecule has 2 aromatic rings. The first-order valence-electron chi connectivity index (χ1n) is 10.3. The van der Waals surface area contributed by atoms with E-state index in [0.717, 1.165) is 36.1 Å². The molecule has 1 aliphatic carbocycles. The van der Waals surface area contributed by atoms with Gasteiger partial charge in [-0.25, -0.2) is 4.98 Å². The number of hydrogen-bond acceptors (Lipinski definition) is 5. The van der Waals surface area contributed by atoms with E-state index in [0.29, 0.717) is 11.6 Å². The van der Waals surface area contributed by atoms with Gasteiger partial charge in [-0.3, -0.25) is 19.3 Å². The van der Waals surface area contributed by atoms with Crippen LogP contribution in [0.25, 0.3) is 0 Å². The second-order valence-corrected chi connectivity index (χ2v) is 7.93. The number of nitrogens with one attached hydrogen (secondary N) is 1. The smallest absolute Gasteiger partial charge is 0.241 e. The van der Waals surface area contributed by atoms with E-state index in [1.54, 1.807) is 19.5 Å². The zero-order chi connectivity index (χ0) is 21.3. The van der Waals surface area contributed by atoms with Crippen LogP contribution in [0.1, 0.15) is 43.1 Å². The first kappa shape index (κ1) is 20.1. The van der Waals surface area contributed by atoms with E-state index in [2.05, 4.69) is 10.3 Å². The molecular weight excluding hydrogens is 384 g/mol. The molecule has 8 heteroatoms. The fraction of sp³-hybridized carbons (Fsp3) is 0.455. The molecule has 4 rings (SSSR count). The van der Waals surface area contributed by atoms with Gasteiger partial charge in [0.15, 0.2) is 0 Å². The lowest BCUT2D eigenvalue weighted by molar-refractivity contribution is -0.143. The fourth-order valence-corrected chi connectivity index (χ4v) is 4.49. The third-order valence-electron chi connectivity index (χ3n) is 6.11. The van der Waals surface area contributed by atoms with Crippen LogP contribution in [0.5, 0.6) is 5.75 Å². The number of fused-ring (bicyclic) bond motifs is 1. The van der Waals surface area contributed by atoms with E-state index in [9.17, 15) is 14.4 Å². The average molecular weight is 410 g/mol. The molecule has 1 aliphatic heterocycles. The largest absolute Gasteiger partial charge is 0.497 e. The Kier molecular flexibility index (Phi) is 5.57. The Hall–Kier alpha value is -3.16. The van der Waals surface area contributed by atoms with E-state index in [1.807, 2.05) is 35.9 Å². The van der Waals surface area contributed by atoms with Crippen molar-refractivity contribution < 1.29 is 19.1 Å². The number of imide groups is 1. The Labute approximate surface area is 175 Å². The lowest BCUT2D eigenvalue weighted by atomic mass is 9.81. The van der Waals surface area contributed by atoms with E-state index < -0.39 is 6.04 Å². The van der Waals surface area contributed by atoms with Gasteiger partial charge in [-0.15, -0.1) is 0 Å². The van der Waals surface area contributed by atoms with E-state index >= 15 is 0 Å². The normalized spacial score (nSPS) is 22.0. The maximum Gasteiger partial charge on any atom is 0.241 e. The molecule has 30 heavy (non-hydrogen) atoms. The molecule has 2 fully saturated rings. The van der Waals surface area contributed by atoms with Crippen molar-refractivity contribution >= 4 is 17.7 Å². The number of carbonyl (C=O) groups excluding carboxylic acids is 3. The number of imidazole rings is 1. The van der Waals surface area contributed by atoms with Gasteiger partial charge in [0, 0.05) is 19.4 Å². The van der Waals surface area contributed by atoms with Crippen LogP contribution in [-0.2, 0) is 21.4 Å². The highest BCUT2D eigenvalue weighted by Gasteiger charge is 2.48. The Morgan fingerprint density at radius 2 is 1.80 bits per heavy atom. The predicted molar refractivity (Wildman–Crippen MR) is 108 cm³/mol. The molecule has 8 nitrogen and oxygen atoms in total. The van der Waals surface area contributed by atoms with Gasteiger partial charge in [0.25, 0.3) is 0 Å². The summed E-state index contributed by atoms with van der Waals surface area (Å²) in [6, 6.07) is 6.84. The molecule has 1 saturated carbocycles. The highest BCUT2D eigenvalue weighted by molar-refractivity contribution is 6.07. The summed E-state index contributed by atoms with van der Waals surface area (Å²) in [7, 11) is 3.44. The SMILES string of the molecule is COc1ccc(C(NC(=O)CN2C(=O)C3CCCCC3C2=O)c2nccn2C)cc1. The molecule has 0 radical (unpaired) electrons. The predicted octanol–water partition coefficient (Wildman–Crippen LogP) is 1.81. The number of hydrogen-bond donors (Lipinski definition) is 1. The molecule has 3 amide bonds. The van der Waals surface area contributed by atoms with Crippen molar-refractivity contribution in [2.24, 2.45) is 18.9 Å². The average Bonchev–Trinajstić information content (AvgIpc) is 3.29. The maximum atomic E-state index is 12.9. The lowest BCUT2D eigenvalue weighted by Gasteiger charge is -2.21. The molecule has 1 aromatic carbocycles. The topological polar surface area (TPSA) is 93.5 Å². The van der Waals surface area contributed by atoms with Gasteiger partial charge >= 0.3 is 0 Å². The highest BCUT2D eigenvalue weighted by Crippen LogP contribution is 2.37. The molecule has 0 bridgehead atoms. The number of benzene rings is 1. The monoisotopic (exact) mass is 410 g/mol. The van der Waals surface area contributed by atoms with E-state index in [1.165, 1.54) is 0 Å². The lowest BCUT2D eigenvalue weighted by Crippen LogP contribution is -2.42. The fourth-order valence-electron chi connectivity index (χ4n) is 4.49. The second-order valence-electron chi connectivity index (χ2n) is 7.93. The summed E-state index contributed by atoms with van der Waals surface area (Å²) in [5.41, 5.74) is 0.825. The number of aryl methyl sites for hydroxylation is 1. The zero-order valence-corrected chi connectivity index (χ0v) is 17.2. The first-order valence-corrected chi connectivity index (χ1v) is 10.3. The summed E-state index contributed by atoms with van der Waals surface area (Å²) in [5, 5.41) is 2.95. The minimum absolute atomic E-state index is 0.210. The van der Waals surface area contributed by atoms with Crippen LogP contribution >= 0.6 is 0 Å². The summed E-state index contributed by atoms with van der Waals surface area (Å²) in [4.78, 5) is 43.8. The molecule has 1 aromatic heterocycles. The van der Waals surface area contributed by atoms with Crippen LogP contribution in [0.3, 0.4) is 0 Å². The van der Waals surface area contributed by atoms with Gasteiger partial charge in [0.05, 0.1) is 18.9 Å². The van der Waals surface area contributed by atoms with Crippen molar-refractivity contribution in [3.8, 4) is 5.75 Å². The third-order valence-corrected chi connectivity index (χ3v) is 6.11. The summed E-state index contributed by atoms with van der Waals surface area (Å²) >= 11 is 0. The second kappa shape index (κ2) is 8.30. The summed E-state index contributed by atoms with van der Waals surface area (Å²) in [6.07, 6.45) is 6.84. The number of methoxy groups -OCH3 is 1. The van der Waals surface area contributed by atoms with Crippen LogP contribution < -0.4 is 10.1 Å². The van der Waals surface area contributed by atoms with E-state index in [-0.39, 0.29) is 36.1 Å². The van der Waals surface area contributed by atoms with Gasteiger partial charge in [0.2, 0.25) is 17.7 Å². The summed E-state index contributed by atoms with van der Waals surface area (Å²) < 4.78 is 7.04. The van der Waals surface area contributed by atoms with Crippen molar-refractivity contribution in [1.82, 2.24) is 19.8 Å². The number of carbonyl (C=O) groups is 3. The number of ether oxygens (including phenoxy) is 1. The van der Waals surface area contributed by atoms with Gasteiger partial charge in [-0.05, 0) is 30.5 Å². The Bertz CT molecular complexity index is 928. The minimum Gasteiger partial charge on any atom is -0.497 e. The summed E-state index contributed by atoms with van der Waals surface area (Å²) in [5.74, 6) is 0.0348. The molecule has 0 spiro atoms. The Morgan fingerprint density at radius 3 is 2.33 bits per heavy atom. The molecule has 2 heterocycles. The number of aromatic nitrogens is 2. The van der Waals surface area contributed by atoms with Crippen molar-refractivity contribution in [3.05, 3.63) is 48.0 Å². The van der Waals surface area contributed by atoms with Crippen LogP contribution in [0.15, 0.2) is 36.7 Å². The molecular formula is C22H26N4O4. The molecule has 1 saturated heterocycles. The van der Waals surface area contributed by atoms with Crippen molar-refractivity contribution in [2.75, 3.05) is 13.7 Å². The van der Waals surface area contributed by atoms with E-state index in [4.69, 9.17) is 4.74 Å². The molecule has 1 N–H and O–H groups in total. The number of nitrogens with zero attached hydrogens (tertiary/aromatic N) is 3. The molecule has 2 aliphatic rings. The zero-order valence-electron chi connectivity index (χ0n) is 17.2. The standard InChI is InChI=1S/C22H26N4O4/c1-25-12-11-23-20(25)19(14-7-9-15(30-2)10-8-14)24-18(27)13-26-21(28)16-5-3-4-6-17(16)22(26)29/h7-12,16-17,19H,3-6,13H2,1-2H3,(H,24,27).